The number of nitrogens with one attached hydrogen (secondary N) is 1. The van der Waals surface area contributed by atoms with Gasteiger partial charge in [0.05, 0.1) is 0 Å². The molecule has 1 heterocycles. The van der Waals surface area contributed by atoms with Crippen LogP contribution in [0, 0.1) is 30.6 Å². The van der Waals surface area contributed by atoms with E-state index in [4.69, 9.17) is 0 Å². The molecule has 0 saturated carbocycles. The molecule has 2 N–H and O–H groups in total. The van der Waals surface area contributed by atoms with Gasteiger partial charge in [0, 0.05) is 0 Å². The van der Waals surface area contributed by atoms with Crippen molar-refractivity contribution in [2.75, 3.05) is 13.1 Å². The third-order valence-corrected chi connectivity index (χ3v) is 4.04. The quantitative estimate of drug-likeness (QED) is 0.650. The van der Waals surface area contributed by atoms with Crippen LogP contribution >= 0.6 is 0 Å². The second-order valence-corrected chi connectivity index (χ2v) is 5.22. The molecule has 9 heavy (non-hydrogen) atoms. The molecule has 54 valence electrons. The summed E-state index contributed by atoms with van der Waals surface area (Å²) in [5.41, 5.74) is 0. The summed E-state index contributed by atoms with van der Waals surface area (Å²) in [5, 5.41) is 12.9. The topological polar surface area (TPSA) is 32.3 Å². The molecule has 1 aliphatic rings. The van der Waals surface area contributed by atoms with Crippen molar-refractivity contribution in [1.82, 2.24) is 5.32 Å². The summed E-state index contributed by atoms with van der Waals surface area (Å²) in [7, 11) is 0. The van der Waals surface area contributed by atoms with Crippen molar-refractivity contribution in [3.05, 3.63) is 0 Å². The van der Waals surface area contributed by atoms with E-state index in [0.29, 0.717) is 5.92 Å². The molecule has 1 aliphatic heterocycles. The summed E-state index contributed by atoms with van der Waals surface area (Å²) < 4.78 is -0.370. The summed E-state index contributed by atoms with van der Waals surface area (Å²) in [4.78, 5) is 0. The maximum atomic E-state index is 9.63. The Hall–Kier alpha value is 0.803. The molecular formula is C6H12AtNO. The van der Waals surface area contributed by atoms with Gasteiger partial charge in [-0.25, -0.2) is 0 Å². The summed E-state index contributed by atoms with van der Waals surface area (Å²) in [6.07, 6.45) is 0.908. The number of hydrogen-bond acceptors (Lipinski definition) is 2. The van der Waals surface area contributed by atoms with Crippen molar-refractivity contribution >= 4 is 0 Å². The fraction of sp³-hybridized carbons (Fsp3) is 1.00. The molecular weight excluding hydrogens is 312 g/mol. The minimum atomic E-state index is -0.370. The van der Waals surface area contributed by atoms with Gasteiger partial charge in [-0.2, -0.15) is 0 Å². The van der Waals surface area contributed by atoms with E-state index >= 15 is 0 Å². The van der Waals surface area contributed by atoms with Crippen molar-refractivity contribution in [1.29, 1.82) is 0 Å². The van der Waals surface area contributed by atoms with Crippen molar-refractivity contribution in [3.63, 3.8) is 0 Å². The first-order valence-electron chi connectivity index (χ1n) is 3.25. The molecule has 0 radical (unpaired) electrons. The monoisotopic (exact) mass is 324 g/mol. The fourth-order valence-corrected chi connectivity index (χ4v) is 1.65. The van der Waals surface area contributed by atoms with Crippen molar-refractivity contribution < 1.29 is 29.8 Å². The predicted molar refractivity (Wildman–Crippen MR) is 31.6 cm³/mol. The first-order valence-corrected chi connectivity index (χ1v) is 4.72. The van der Waals surface area contributed by atoms with E-state index in [9.17, 15) is 5.11 Å². The van der Waals surface area contributed by atoms with Crippen LogP contribution in [0.2, 0.25) is 0 Å². The first-order chi connectivity index (χ1) is 4.13. The Balaban J connectivity index is 2.49. The number of aliphatic hydroxyl groups is 1. The molecule has 0 spiro atoms. The third-order valence-electron chi connectivity index (χ3n) is 1.86. The number of rotatable bonds is 0. The molecule has 0 aromatic rings. The van der Waals surface area contributed by atoms with Gasteiger partial charge in [-0.3, -0.25) is 0 Å². The van der Waals surface area contributed by atoms with Crippen LogP contribution in [0.1, 0.15) is 13.3 Å². The van der Waals surface area contributed by atoms with E-state index in [1.165, 1.54) is 24.7 Å². The Morgan fingerprint density at radius 3 is 2.78 bits per heavy atom. The van der Waals surface area contributed by atoms with Crippen molar-refractivity contribution in [2.24, 2.45) is 5.92 Å². The fourth-order valence-electron chi connectivity index (χ4n) is 0.985. The molecule has 1 fully saturated rings. The molecule has 1 rings (SSSR count). The van der Waals surface area contributed by atoms with Crippen LogP contribution < -0.4 is 5.32 Å². The molecule has 2 unspecified atom stereocenters. The van der Waals surface area contributed by atoms with Crippen LogP contribution in [0.3, 0.4) is 0 Å². The zero-order valence-corrected chi connectivity index (χ0v) is 8.46. The zero-order chi connectivity index (χ0) is 6.91. The molecule has 0 aliphatic carbocycles. The second kappa shape index (κ2) is 2.81. The molecule has 0 aromatic heterocycles. The van der Waals surface area contributed by atoms with Gasteiger partial charge in [-0.15, -0.1) is 0 Å². The van der Waals surface area contributed by atoms with Crippen LogP contribution in [0.25, 0.3) is 0 Å². The average Bonchev–Trinajstić information content (AvgIpc) is 1.77. The van der Waals surface area contributed by atoms with Crippen molar-refractivity contribution in [2.45, 2.75) is 16.7 Å². The summed E-state index contributed by atoms with van der Waals surface area (Å²) in [6, 6.07) is 0. The predicted octanol–water partition coefficient (Wildman–Crippen LogP) is -0.146. The van der Waals surface area contributed by atoms with Crippen LogP contribution in [-0.4, -0.2) is 21.5 Å². The van der Waals surface area contributed by atoms with E-state index in [1.54, 1.807) is 0 Å². The van der Waals surface area contributed by atoms with E-state index in [-0.39, 0.29) is 3.31 Å². The van der Waals surface area contributed by atoms with Crippen LogP contribution in [0.15, 0.2) is 0 Å². The Kier molecular flexibility index (Phi) is 2.47. The van der Waals surface area contributed by atoms with Crippen LogP contribution in [-0.2, 0) is 0 Å². The zero-order valence-electron chi connectivity index (χ0n) is 5.52. The molecule has 2 atom stereocenters. The van der Waals surface area contributed by atoms with Gasteiger partial charge in [0.15, 0.2) is 0 Å². The van der Waals surface area contributed by atoms with Crippen LogP contribution in [0.5, 0.6) is 0 Å². The van der Waals surface area contributed by atoms with E-state index < -0.39 is 0 Å². The second-order valence-electron chi connectivity index (χ2n) is 2.67. The summed E-state index contributed by atoms with van der Waals surface area (Å²) in [5.74, 6) is 0.419. The normalized spacial score (nSPS) is 45.0. The van der Waals surface area contributed by atoms with E-state index in [2.05, 4.69) is 12.2 Å². The van der Waals surface area contributed by atoms with Gasteiger partial charge in [0.1, 0.15) is 0 Å². The summed E-state index contributed by atoms with van der Waals surface area (Å²) in [6.45, 7) is 4.02. The van der Waals surface area contributed by atoms with Gasteiger partial charge in [-0.1, -0.05) is 0 Å². The van der Waals surface area contributed by atoms with E-state index in [0.717, 1.165) is 19.5 Å². The SMILES string of the molecule is CC1CNCCC1(O)[At]. The molecule has 3 heteroatoms. The van der Waals surface area contributed by atoms with Gasteiger partial charge in [0.2, 0.25) is 0 Å². The Morgan fingerprint density at radius 1 is 1.78 bits per heavy atom. The van der Waals surface area contributed by atoms with Gasteiger partial charge in [-0.05, 0) is 0 Å². The van der Waals surface area contributed by atoms with Gasteiger partial charge in [0.25, 0.3) is 0 Å². The standard InChI is InChI=1S/C6H12AtNO/c1-5-4-8-3-2-6(5,7)9/h5,8-9H,2-4H2,1H3. The number of hydrogen-bond donors (Lipinski definition) is 2. The van der Waals surface area contributed by atoms with Gasteiger partial charge < -0.3 is 0 Å². The Bertz CT molecular complexity index is 105. The van der Waals surface area contributed by atoms with Crippen molar-refractivity contribution in [3.8, 4) is 0 Å². The maximum absolute atomic E-state index is 9.63. The first kappa shape index (κ1) is 7.91. The molecule has 1 saturated heterocycles. The average molecular weight is 324 g/mol. The molecule has 2 nitrogen and oxygen atoms in total. The number of piperidine rings is 1. The summed E-state index contributed by atoms with van der Waals surface area (Å²) >= 11 is 1.51. The Morgan fingerprint density at radius 2 is 2.44 bits per heavy atom. The third kappa shape index (κ3) is 1.86. The Labute approximate surface area is 70.9 Å². The molecule has 0 aromatic carbocycles. The van der Waals surface area contributed by atoms with Gasteiger partial charge >= 0.3 is 70.8 Å². The molecule has 0 bridgehead atoms. The molecule has 0 amide bonds. The van der Waals surface area contributed by atoms with E-state index in [1.807, 2.05) is 0 Å². The van der Waals surface area contributed by atoms with Crippen LogP contribution in [0.4, 0.5) is 0 Å². The minimum absolute atomic E-state index is 0.370.